The predicted molar refractivity (Wildman–Crippen MR) is 53.6 cm³/mol. The second-order valence-electron chi connectivity index (χ2n) is 2.83. The first-order chi connectivity index (χ1) is 5.18. The molecule has 0 amide bonds. The van der Waals surface area contributed by atoms with Crippen molar-refractivity contribution in [2.24, 2.45) is 0 Å². The fourth-order valence-electron chi connectivity index (χ4n) is 1.21. The van der Waals surface area contributed by atoms with Gasteiger partial charge in [-0.05, 0) is 26.4 Å². The minimum absolute atomic E-state index is 1.20. The van der Waals surface area contributed by atoms with E-state index < -0.39 is 8.07 Å². The molecule has 0 aliphatic heterocycles. The number of hydrogen-bond acceptors (Lipinski definition) is 0. The van der Waals surface area contributed by atoms with Crippen molar-refractivity contribution < 1.29 is 0 Å². The molecule has 0 radical (unpaired) electrons. The summed E-state index contributed by atoms with van der Waals surface area (Å²) in [4.78, 5) is 0. The van der Waals surface area contributed by atoms with E-state index in [1.54, 1.807) is 0 Å². The summed E-state index contributed by atoms with van der Waals surface area (Å²) < 4.78 is 0. The first-order valence-electron chi connectivity index (χ1n) is 4.06. The van der Waals surface area contributed by atoms with Gasteiger partial charge in [0, 0.05) is 0 Å². The fourth-order valence-corrected chi connectivity index (χ4v) is 3.62. The Balaban J connectivity index is 4.42. The van der Waals surface area contributed by atoms with Gasteiger partial charge in [-0.2, -0.15) is 0 Å². The van der Waals surface area contributed by atoms with Crippen molar-refractivity contribution in [3.8, 4) is 22.9 Å². The molecule has 0 aromatic rings. The molecular weight excluding hydrogens is 148 g/mol. The van der Waals surface area contributed by atoms with E-state index in [9.17, 15) is 0 Å². The molecule has 0 saturated carbocycles. The lowest BCUT2D eigenvalue weighted by Gasteiger charge is -2.10. The zero-order valence-electron chi connectivity index (χ0n) is 7.91. The second kappa shape index (κ2) is 5.05. The van der Waals surface area contributed by atoms with Crippen molar-refractivity contribution >= 4 is 8.07 Å². The summed E-state index contributed by atoms with van der Waals surface area (Å²) in [6.45, 7) is 8.24. The molecule has 0 atom stereocenters. The van der Waals surface area contributed by atoms with Gasteiger partial charge in [0.1, 0.15) is 0 Å². The lowest BCUT2D eigenvalue weighted by Crippen LogP contribution is -2.26. The van der Waals surface area contributed by atoms with Crippen LogP contribution in [-0.4, -0.2) is 8.07 Å². The largest absolute Gasteiger partial charge is 0.213 e. The Morgan fingerprint density at radius 1 is 1.09 bits per heavy atom. The summed E-state index contributed by atoms with van der Waals surface area (Å²) in [5.41, 5.74) is 6.55. The molecule has 0 heterocycles. The molecule has 60 valence electrons. The summed E-state index contributed by atoms with van der Waals surface area (Å²) in [5, 5.41) is 0. The second-order valence-corrected chi connectivity index (χ2v) is 6.50. The highest BCUT2D eigenvalue weighted by atomic mass is 28.3. The topological polar surface area (TPSA) is 0 Å². The highest BCUT2D eigenvalue weighted by Gasteiger charge is 2.20. The van der Waals surface area contributed by atoms with E-state index in [0.29, 0.717) is 0 Å². The van der Waals surface area contributed by atoms with Crippen molar-refractivity contribution in [1.82, 2.24) is 0 Å². The van der Waals surface area contributed by atoms with E-state index in [4.69, 9.17) is 0 Å². The van der Waals surface area contributed by atoms with E-state index in [0.717, 1.165) is 0 Å². The highest BCUT2D eigenvalue weighted by molar-refractivity contribution is 6.93. The summed E-state index contributed by atoms with van der Waals surface area (Å²) in [7, 11) is -1.47. The quantitative estimate of drug-likeness (QED) is 0.435. The molecule has 0 aromatic heterocycles. The molecule has 0 rings (SSSR count). The van der Waals surface area contributed by atoms with Crippen LogP contribution in [0.5, 0.6) is 0 Å². The first-order valence-corrected chi connectivity index (χ1v) is 6.77. The van der Waals surface area contributed by atoms with E-state index in [2.05, 4.69) is 36.4 Å². The van der Waals surface area contributed by atoms with Crippen molar-refractivity contribution in [1.29, 1.82) is 0 Å². The molecule has 0 aliphatic carbocycles. The van der Waals surface area contributed by atoms with Crippen molar-refractivity contribution in [2.75, 3.05) is 0 Å². The predicted octanol–water partition coefficient (Wildman–Crippen LogP) is 2.60. The molecule has 0 bridgehead atoms. The first kappa shape index (κ1) is 10.3. The molecule has 0 fully saturated rings. The van der Waals surface area contributed by atoms with Gasteiger partial charge in [0.15, 0.2) is 0 Å². The van der Waals surface area contributed by atoms with Crippen LogP contribution in [0.3, 0.4) is 0 Å². The van der Waals surface area contributed by atoms with Crippen LogP contribution in [0.4, 0.5) is 0 Å². The molecule has 0 N–H and O–H groups in total. The number of rotatable bonds is 2. The van der Waals surface area contributed by atoms with E-state index in [1.165, 1.54) is 12.5 Å². The third-order valence-corrected chi connectivity index (χ3v) is 4.66. The Hall–Kier alpha value is -0.663. The molecule has 1 heteroatoms. The molecule has 0 aromatic carbocycles. The summed E-state index contributed by atoms with van der Waals surface area (Å²) in [5.74, 6) is 5.97. The Bertz CT molecular complexity index is 199. The van der Waals surface area contributed by atoms with Gasteiger partial charge in [0.2, 0.25) is 8.07 Å². The van der Waals surface area contributed by atoms with Crippen molar-refractivity contribution in [2.45, 2.75) is 39.8 Å². The van der Waals surface area contributed by atoms with Gasteiger partial charge in [-0.3, -0.25) is 0 Å². The Morgan fingerprint density at radius 2 is 1.55 bits per heavy atom. The Morgan fingerprint density at radius 3 is 1.82 bits per heavy atom. The zero-order valence-corrected chi connectivity index (χ0v) is 8.91. The van der Waals surface area contributed by atoms with E-state index >= 15 is 0 Å². The Labute approximate surface area is 71.4 Å². The number of hydrogen-bond donors (Lipinski definition) is 0. The SMILES string of the molecule is CC#C[Si](C)(C#CC)CCC. The lowest BCUT2D eigenvalue weighted by atomic mass is 10.6. The van der Waals surface area contributed by atoms with Crippen molar-refractivity contribution in [3.05, 3.63) is 0 Å². The Kier molecular flexibility index (Phi) is 4.74. The molecule has 0 saturated heterocycles. The highest BCUT2D eigenvalue weighted by Crippen LogP contribution is 2.09. The minimum Gasteiger partial charge on any atom is -0.116 e. The summed E-state index contributed by atoms with van der Waals surface area (Å²) >= 11 is 0. The van der Waals surface area contributed by atoms with E-state index in [1.807, 2.05) is 13.8 Å². The van der Waals surface area contributed by atoms with Gasteiger partial charge in [0.25, 0.3) is 0 Å². The molecular formula is C10H16Si. The standard InChI is InChI=1S/C10H16Si/c1-5-8-11(4,9-6-2)10-7-3/h5,8H2,1-4H3. The normalized spacial score (nSPS) is 9.09. The van der Waals surface area contributed by atoms with Crippen LogP contribution in [0.15, 0.2) is 0 Å². The summed E-state index contributed by atoms with van der Waals surface area (Å²) in [6.07, 6.45) is 1.20. The van der Waals surface area contributed by atoms with Gasteiger partial charge >= 0.3 is 0 Å². The van der Waals surface area contributed by atoms with Gasteiger partial charge in [-0.1, -0.05) is 13.3 Å². The maximum Gasteiger partial charge on any atom is 0.213 e. The molecule has 0 aliphatic rings. The van der Waals surface area contributed by atoms with Crippen LogP contribution in [0.25, 0.3) is 0 Å². The minimum atomic E-state index is -1.47. The molecule has 0 nitrogen and oxygen atoms in total. The smallest absolute Gasteiger partial charge is 0.116 e. The van der Waals surface area contributed by atoms with Crippen LogP contribution >= 0.6 is 0 Å². The monoisotopic (exact) mass is 164 g/mol. The van der Waals surface area contributed by atoms with Crippen LogP contribution in [0, 0.1) is 22.9 Å². The van der Waals surface area contributed by atoms with Crippen LogP contribution in [-0.2, 0) is 0 Å². The van der Waals surface area contributed by atoms with Crippen LogP contribution in [0.1, 0.15) is 27.2 Å². The third-order valence-electron chi connectivity index (χ3n) is 1.55. The van der Waals surface area contributed by atoms with Crippen LogP contribution < -0.4 is 0 Å². The maximum atomic E-state index is 3.28. The van der Waals surface area contributed by atoms with Gasteiger partial charge < -0.3 is 0 Å². The van der Waals surface area contributed by atoms with Gasteiger partial charge in [0.05, 0.1) is 0 Å². The third kappa shape index (κ3) is 3.91. The van der Waals surface area contributed by atoms with E-state index in [-0.39, 0.29) is 0 Å². The molecule has 0 unspecified atom stereocenters. The average molecular weight is 164 g/mol. The fraction of sp³-hybridized carbons (Fsp3) is 0.600. The summed E-state index contributed by atoms with van der Waals surface area (Å²) in [6, 6.07) is 1.20. The lowest BCUT2D eigenvalue weighted by molar-refractivity contribution is 1.06. The van der Waals surface area contributed by atoms with Gasteiger partial charge in [-0.15, -0.1) is 22.9 Å². The average Bonchev–Trinajstić information content (AvgIpc) is 1.88. The maximum absolute atomic E-state index is 3.28. The van der Waals surface area contributed by atoms with Gasteiger partial charge in [-0.25, -0.2) is 0 Å². The molecule has 0 spiro atoms. The molecule has 11 heavy (non-hydrogen) atoms. The van der Waals surface area contributed by atoms with Crippen molar-refractivity contribution in [3.63, 3.8) is 0 Å². The van der Waals surface area contributed by atoms with Crippen LogP contribution in [0.2, 0.25) is 12.6 Å². The zero-order chi connectivity index (χ0) is 8.74.